The van der Waals surface area contributed by atoms with Crippen molar-refractivity contribution in [2.75, 3.05) is 12.4 Å². The highest BCUT2D eigenvalue weighted by Crippen LogP contribution is 2.21. The second-order valence-corrected chi connectivity index (χ2v) is 6.22. The Kier molecular flexibility index (Phi) is 4.40. The first kappa shape index (κ1) is 16.3. The summed E-state index contributed by atoms with van der Waals surface area (Å²) in [6.45, 7) is 0. The van der Waals surface area contributed by atoms with Gasteiger partial charge in [-0.25, -0.2) is 0 Å². The van der Waals surface area contributed by atoms with Gasteiger partial charge in [-0.05, 0) is 48.5 Å². The monoisotopic (exact) mass is 386 g/mol. The lowest BCUT2D eigenvalue weighted by Crippen LogP contribution is -2.24. The van der Waals surface area contributed by atoms with Crippen LogP contribution < -0.4 is 15.6 Å². The van der Waals surface area contributed by atoms with Gasteiger partial charge in [0.25, 0.3) is 11.5 Å². The van der Waals surface area contributed by atoms with Crippen molar-refractivity contribution in [1.82, 2.24) is 4.57 Å². The first-order valence-corrected chi connectivity index (χ1v) is 8.03. The third kappa shape index (κ3) is 3.05. The number of ether oxygens (including phenoxy) is 1. The van der Waals surface area contributed by atoms with E-state index in [0.29, 0.717) is 11.3 Å². The van der Waals surface area contributed by atoms with Crippen molar-refractivity contribution in [2.45, 2.75) is 0 Å². The lowest BCUT2D eigenvalue weighted by Gasteiger charge is -2.10. The van der Waals surface area contributed by atoms with E-state index in [4.69, 9.17) is 4.74 Å². The van der Waals surface area contributed by atoms with Crippen LogP contribution in [0.15, 0.2) is 57.8 Å². The third-order valence-electron chi connectivity index (χ3n) is 3.79. The fourth-order valence-electron chi connectivity index (χ4n) is 2.48. The number of amides is 1. The zero-order chi connectivity index (χ0) is 17.3. The lowest BCUT2D eigenvalue weighted by molar-refractivity contribution is 0.102. The molecule has 0 atom stereocenters. The molecule has 3 rings (SSSR count). The van der Waals surface area contributed by atoms with Crippen LogP contribution in [0.25, 0.3) is 10.9 Å². The Hall–Kier alpha value is -2.60. The Balaban J connectivity index is 1.98. The summed E-state index contributed by atoms with van der Waals surface area (Å²) in [6, 6.07) is 14.0. The second kappa shape index (κ2) is 6.49. The molecule has 24 heavy (non-hydrogen) atoms. The topological polar surface area (TPSA) is 60.3 Å². The molecule has 1 heterocycles. The number of nitrogens with zero attached hydrogens (tertiary/aromatic N) is 1. The number of aryl methyl sites for hydroxylation is 1. The van der Waals surface area contributed by atoms with E-state index in [1.807, 2.05) is 18.2 Å². The second-order valence-electron chi connectivity index (χ2n) is 5.31. The largest absolute Gasteiger partial charge is 0.497 e. The van der Waals surface area contributed by atoms with Gasteiger partial charge in [0.05, 0.1) is 12.6 Å². The molecular formula is C18H15BrN2O3. The number of aromatic nitrogens is 1. The zero-order valence-corrected chi connectivity index (χ0v) is 14.8. The highest BCUT2D eigenvalue weighted by molar-refractivity contribution is 9.10. The van der Waals surface area contributed by atoms with Gasteiger partial charge in [-0.2, -0.15) is 0 Å². The van der Waals surface area contributed by atoms with Crippen molar-refractivity contribution in [3.63, 3.8) is 0 Å². The van der Waals surface area contributed by atoms with Crippen LogP contribution in [0.1, 0.15) is 10.4 Å². The van der Waals surface area contributed by atoms with Crippen molar-refractivity contribution in [3.8, 4) is 5.75 Å². The highest BCUT2D eigenvalue weighted by atomic mass is 79.9. The van der Waals surface area contributed by atoms with E-state index in [-0.39, 0.29) is 17.2 Å². The molecule has 1 aromatic heterocycles. The van der Waals surface area contributed by atoms with Gasteiger partial charge < -0.3 is 14.6 Å². The molecule has 1 N–H and O–H groups in total. The number of nitrogens with one attached hydrogen (secondary N) is 1. The van der Waals surface area contributed by atoms with Crippen LogP contribution >= 0.6 is 15.9 Å². The Morgan fingerprint density at radius 1 is 1.12 bits per heavy atom. The number of halogens is 1. The maximum absolute atomic E-state index is 12.5. The minimum Gasteiger partial charge on any atom is -0.497 e. The van der Waals surface area contributed by atoms with E-state index in [1.165, 1.54) is 4.57 Å². The first-order valence-electron chi connectivity index (χ1n) is 7.24. The van der Waals surface area contributed by atoms with Gasteiger partial charge in [-0.3, -0.25) is 9.59 Å². The van der Waals surface area contributed by atoms with Gasteiger partial charge in [0.2, 0.25) is 0 Å². The summed E-state index contributed by atoms with van der Waals surface area (Å²) in [4.78, 5) is 24.8. The Morgan fingerprint density at radius 3 is 2.50 bits per heavy atom. The first-order chi connectivity index (χ1) is 11.5. The Labute approximate surface area is 147 Å². The number of carbonyl (C=O) groups is 1. The number of methoxy groups -OCH3 is 1. The molecule has 0 aliphatic rings. The fraction of sp³-hybridized carbons (Fsp3) is 0.111. The smallest absolute Gasteiger partial charge is 0.274 e. The van der Waals surface area contributed by atoms with Crippen LogP contribution in [-0.2, 0) is 7.05 Å². The van der Waals surface area contributed by atoms with Gasteiger partial charge in [0, 0.05) is 22.5 Å². The molecule has 0 unspecified atom stereocenters. The predicted octanol–water partition coefficient (Wildman–Crippen LogP) is 3.56. The normalized spacial score (nSPS) is 10.6. The van der Waals surface area contributed by atoms with Crippen molar-refractivity contribution in [3.05, 3.63) is 68.9 Å². The fourth-order valence-corrected chi connectivity index (χ4v) is 2.86. The predicted molar refractivity (Wildman–Crippen MR) is 97.8 cm³/mol. The molecule has 1 amide bonds. The average Bonchev–Trinajstić information content (AvgIpc) is 2.59. The summed E-state index contributed by atoms with van der Waals surface area (Å²) >= 11 is 3.41. The molecule has 5 nitrogen and oxygen atoms in total. The van der Waals surface area contributed by atoms with E-state index >= 15 is 0 Å². The van der Waals surface area contributed by atoms with Gasteiger partial charge in [0.15, 0.2) is 0 Å². The molecule has 0 radical (unpaired) electrons. The number of rotatable bonds is 3. The molecular weight excluding hydrogens is 372 g/mol. The third-order valence-corrected chi connectivity index (χ3v) is 4.28. The number of hydrogen-bond acceptors (Lipinski definition) is 3. The maximum atomic E-state index is 12.5. The van der Waals surface area contributed by atoms with E-state index in [0.717, 1.165) is 15.4 Å². The number of anilines is 1. The van der Waals surface area contributed by atoms with E-state index in [1.54, 1.807) is 44.5 Å². The number of benzene rings is 2. The minimum atomic E-state index is -0.343. The zero-order valence-electron chi connectivity index (χ0n) is 13.2. The van der Waals surface area contributed by atoms with Gasteiger partial charge in [0.1, 0.15) is 11.4 Å². The number of carbonyl (C=O) groups excluding carboxylic acids is 1. The van der Waals surface area contributed by atoms with Crippen molar-refractivity contribution < 1.29 is 9.53 Å². The molecule has 0 aliphatic heterocycles. The molecule has 6 heteroatoms. The van der Waals surface area contributed by atoms with Crippen LogP contribution in [0.4, 0.5) is 5.69 Å². The average molecular weight is 387 g/mol. The molecule has 0 saturated heterocycles. The maximum Gasteiger partial charge on any atom is 0.274 e. The van der Waals surface area contributed by atoms with E-state index in [2.05, 4.69) is 21.2 Å². The van der Waals surface area contributed by atoms with Crippen LogP contribution in [0.3, 0.4) is 0 Å². The number of pyridine rings is 1. The number of fused-ring (bicyclic) bond motifs is 1. The van der Waals surface area contributed by atoms with Crippen molar-refractivity contribution in [1.29, 1.82) is 0 Å². The summed E-state index contributed by atoms with van der Waals surface area (Å²) in [5.74, 6) is 0.321. The molecule has 3 aromatic rings. The molecule has 122 valence electrons. The van der Waals surface area contributed by atoms with Gasteiger partial charge in [-0.15, -0.1) is 0 Å². The SMILES string of the molecule is COc1ccc(C(=O)Nc2cc3cc(Br)ccc3n(C)c2=O)cc1. The van der Waals surface area contributed by atoms with Crippen LogP contribution in [-0.4, -0.2) is 17.6 Å². The Morgan fingerprint density at radius 2 is 1.83 bits per heavy atom. The summed E-state index contributed by atoms with van der Waals surface area (Å²) in [5, 5.41) is 3.55. The molecule has 0 aliphatic carbocycles. The lowest BCUT2D eigenvalue weighted by atomic mass is 10.1. The van der Waals surface area contributed by atoms with Gasteiger partial charge >= 0.3 is 0 Å². The molecule has 2 aromatic carbocycles. The summed E-state index contributed by atoms with van der Waals surface area (Å²) in [7, 11) is 3.24. The highest BCUT2D eigenvalue weighted by Gasteiger charge is 2.12. The minimum absolute atomic E-state index is 0.240. The van der Waals surface area contributed by atoms with Crippen molar-refractivity contribution >= 4 is 38.4 Å². The summed E-state index contributed by atoms with van der Waals surface area (Å²) in [6.07, 6.45) is 0. The van der Waals surface area contributed by atoms with Crippen molar-refractivity contribution in [2.24, 2.45) is 7.05 Å². The molecule has 0 fully saturated rings. The molecule has 0 spiro atoms. The quantitative estimate of drug-likeness (QED) is 0.748. The van der Waals surface area contributed by atoms with Crippen LogP contribution in [0, 0.1) is 0 Å². The standard InChI is InChI=1S/C18H15BrN2O3/c1-21-16-8-5-13(19)9-12(16)10-15(18(21)23)20-17(22)11-3-6-14(24-2)7-4-11/h3-10H,1-2H3,(H,20,22). The molecule has 0 bridgehead atoms. The van der Waals surface area contributed by atoms with E-state index < -0.39 is 0 Å². The van der Waals surface area contributed by atoms with Crippen LogP contribution in [0.2, 0.25) is 0 Å². The summed E-state index contributed by atoms with van der Waals surface area (Å²) < 4.78 is 7.49. The number of hydrogen-bond donors (Lipinski definition) is 1. The van der Waals surface area contributed by atoms with Crippen LogP contribution in [0.5, 0.6) is 5.75 Å². The Bertz CT molecular complexity index is 978. The summed E-state index contributed by atoms with van der Waals surface area (Å²) in [5.41, 5.74) is 1.23. The molecule has 0 saturated carbocycles. The van der Waals surface area contributed by atoms with Gasteiger partial charge in [-0.1, -0.05) is 15.9 Å². The van der Waals surface area contributed by atoms with E-state index in [9.17, 15) is 9.59 Å².